The van der Waals surface area contributed by atoms with Crippen LogP contribution in [-0.4, -0.2) is 58.6 Å². The summed E-state index contributed by atoms with van der Waals surface area (Å²) in [4.78, 5) is 25.1. The summed E-state index contributed by atoms with van der Waals surface area (Å²) in [6, 6.07) is 5.55. The topological polar surface area (TPSA) is 133 Å². The van der Waals surface area contributed by atoms with Crippen LogP contribution in [0, 0.1) is 0 Å². The smallest absolute Gasteiger partial charge is 0.329 e. The zero-order chi connectivity index (χ0) is 21.4. The number of carbonyl (C=O) groups excluding carboxylic acids is 2. The Bertz CT molecular complexity index is 963. The maximum atomic E-state index is 12.6. The highest BCUT2D eigenvalue weighted by atomic mass is 79.9. The number of tetrazole rings is 1. The van der Waals surface area contributed by atoms with Crippen LogP contribution in [0.15, 0.2) is 28.7 Å². The fourth-order valence-electron chi connectivity index (χ4n) is 2.41. The summed E-state index contributed by atoms with van der Waals surface area (Å²) in [5, 5.41) is 13.7. The fraction of sp³-hybridized carbons (Fsp3) is 0.471. The van der Waals surface area contributed by atoms with Crippen molar-refractivity contribution in [3.63, 3.8) is 0 Å². The Morgan fingerprint density at radius 2 is 2.03 bits per heavy atom. The van der Waals surface area contributed by atoms with Gasteiger partial charge in [0.05, 0.1) is 11.3 Å². The van der Waals surface area contributed by atoms with E-state index < -0.39 is 27.8 Å². The monoisotopic (exact) mass is 487 g/mol. The van der Waals surface area contributed by atoms with Crippen molar-refractivity contribution in [2.45, 2.75) is 39.0 Å². The van der Waals surface area contributed by atoms with Crippen LogP contribution in [-0.2, 0) is 32.5 Å². The minimum atomic E-state index is -3.34. The molecule has 10 nitrogen and oxygen atoms in total. The van der Waals surface area contributed by atoms with Gasteiger partial charge in [0.25, 0.3) is 5.91 Å². The number of ether oxygens (including phenoxy) is 1. The molecule has 1 heterocycles. The van der Waals surface area contributed by atoms with Crippen LogP contribution < -0.4 is 5.32 Å². The van der Waals surface area contributed by atoms with Crippen LogP contribution in [0.2, 0.25) is 0 Å². The zero-order valence-electron chi connectivity index (χ0n) is 16.0. The number of aryl methyl sites for hydroxylation is 1. The van der Waals surface area contributed by atoms with Crippen LogP contribution in [0.4, 0.5) is 0 Å². The van der Waals surface area contributed by atoms with Crippen molar-refractivity contribution < 1.29 is 22.7 Å². The molecule has 0 aliphatic carbocycles. The first-order valence-electron chi connectivity index (χ1n) is 8.86. The zero-order valence-corrected chi connectivity index (χ0v) is 18.4. The number of halogens is 1. The van der Waals surface area contributed by atoms with E-state index in [0.717, 1.165) is 12.7 Å². The third-order valence-corrected chi connectivity index (χ3v) is 5.54. The van der Waals surface area contributed by atoms with Gasteiger partial charge in [-0.1, -0.05) is 19.1 Å². The van der Waals surface area contributed by atoms with E-state index in [2.05, 4.69) is 36.8 Å². The number of hydrogen-bond acceptors (Lipinski definition) is 8. The highest BCUT2D eigenvalue weighted by molar-refractivity contribution is 9.10. The van der Waals surface area contributed by atoms with Crippen molar-refractivity contribution in [2.75, 3.05) is 12.0 Å². The molecule has 0 saturated carbocycles. The molecule has 1 atom stereocenters. The highest BCUT2D eigenvalue weighted by Crippen LogP contribution is 2.16. The molecule has 0 bridgehead atoms. The first kappa shape index (κ1) is 22.9. The minimum absolute atomic E-state index is 0.117. The summed E-state index contributed by atoms with van der Waals surface area (Å²) in [6.45, 7) is 2.33. The van der Waals surface area contributed by atoms with Crippen molar-refractivity contribution in [3.8, 4) is 0 Å². The molecule has 2 aromatic rings. The molecular formula is C17H22BrN5O5S. The SMILES string of the molecule is CCCn1nnnc1COC(=O)[C@H](CCS(C)(=O)=O)NC(=O)c1ccccc1Br. The van der Waals surface area contributed by atoms with Crippen LogP contribution in [0.25, 0.3) is 0 Å². The van der Waals surface area contributed by atoms with Crippen molar-refractivity contribution in [1.29, 1.82) is 0 Å². The predicted octanol–water partition coefficient (Wildman–Crippen LogP) is 1.12. The van der Waals surface area contributed by atoms with E-state index in [-0.39, 0.29) is 18.8 Å². The molecule has 0 fully saturated rings. The average molecular weight is 488 g/mol. The normalized spacial score (nSPS) is 12.4. The first-order valence-corrected chi connectivity index (χ1v) is 11.7. The molecule has 29 heavy (non-hydrogen) atoms. The summed E-state index contributed by atoms with van der Waals surface area (Å²) in [7, 11) is -3.34. The molecule has 12 heteroatoms. The number of nitrogens with one attached hydrogen (secondary N) is 1. The summed E-state index contributed by atoms with van der Waals surface area (Å²) in [5.41, 5.74) is 0.316. The Labute approximate surface area is 177 Å². The number of sulfone groups is 1. The van der Waals surface area contributed by atoms with Gasteiger partial charge in [-0.15, -0.1) is 5.10 Å². The van der Waals surface area contributed by atoms with E-state index in [1.165, 1.54) is 4.68 Å². The molecule has 1 N–H and O–H groups in total. The molecule has 1 amide bonds. The van der Waals surface area contributed by atoms with Gasteiger partial charge in [-0.3, -0.25) is 4.79 Å². The van der Waals surface area contributed by atoms with Crippen LogP contribution in [0.5, 0.6) is 0 Å². The van der Waals surface area contributed by atoms with Crippen molar-refractivity contribution in [2.24, 2.45) is 0 Å². The van der Waals surface area contributed by atoms with Crippen molar-refractivity contribution in [3.05, 3.63) is 40.1 Å². The maximum Gasteiger partial charge on any atom is 0.329 e. The van der Waals surface area contributed by atoms with Gasteiger partial charge in [-0.05, 0) is 51.3 Å². The third-order valence-electron chi connectivity index (χ3n) is 3.87. The Hall–Kier alpha value is -2.34. The number of amides is 1. The Morgan fingerprint density at radius 3 is 2.69 bits per heavy atom. The van der Waals surface area contributed by atoms with Crippen molar-refractivity contribution in [1.82, 2.24) is 25.5 Å². The lowest BCUT2D eigenvalue weighted by molar-refractivity contribution is -0.147. The Balaban J connectivity index is 2.09. The van der Waals surface area contributed by atoms with E-state index in [1.807, 2.05) is 6.92 Å². The number of aromatic nitrogens is 4. The van der Waals surface area contributed by atoms with E-state index in [4.69, 9.17) is 4.74 Å². The summed E-state index contributed by atoms with van der Waals surface area (Å²) < 4.78 is 30.4. The van der Waals surface area contributed by atoms with Gasteiger partial charge in [0, 0.05) is 17.3 Å². The predicted molar refractivity (Wildman–Crippen MR) is 108 cm³/mol. The lowest BCUT2D eigenvalue weighted by atomic mass is 10.1. The molecule has 0 spiro atoms. The average Bonchev–Trinajstić information content (AvgIpc) is 3.10. The minimum Gasteiger partial charge on any atom is -0.456 e. The van der Waals surface area contributed by atoms with Gasteiger partial charge < -0.3 is 10.1 Å². The van der Waals surface area contributed by atoms with Crippen molar-refractivity contribution >= 4 is 37.6 Å². The Morgan fingerprint density at radius 1 is 1.31 bits per heavy atom. The van der Waals surface area contributed by atoms with Gasteiger partial charge >= 0.3 is 5.97 Å². The second kappa shape index (κ2) is 10.4. The summed E-state index contributed by atoms with van der Waals surface area (Å²) in [6.07, 6.45) is 1.74. The molecule has 0 aliphatic rings. The van der Waals surface area contributed by atoms with Crippen LogP contribution >= 0.6 is 15.9 Å². The maximum absolute atomic E-state index is 12.6. The molecule has 0 saturated heterocycles. The fourth-order valence-corrected chi connectivity index (χ4v) is 3.54. The van der Waals surface area contributed by atoms with E-state index in [0.29, 0.717) is 22.4 Å². The van der Waals surface area contributed by atoms with Crippen LogP contribution in [0.1, 0.15) is 35.9 Å². The summed E-state index contributed by atoms with van der Waals surface area (Å²) >= 11 is 3.28. The quantitative estimate of drug-likeness (QED) is 0.492. The van der Waals surface area contributed by atoms with Gasteiger partial charge in [0.15, 0.2) is 12.4 Å². The molecule has 2 rings (SSSR count). The number of rotatable bonds is 10. The number of nitrogens with zero attached hydrogens (tertiary/aromatic N) is 4. The first-order chi connectivity index (χ1) is 13.7. The largest absolute Gasteiger partial charge is 0.456 e. The molecule has 0 unspecified atom stereocenters. The van der Waals surface area contributed by atoms with Crippen LogP contribution in [0.3, 0.4) is 0 Å². The van der Waals surface area contributed by atoms with E-state index in [9.17, 15) is 18.0 Å². The van der Waals surface area contributed by atoms with Gasteiger partial charge in [0.1, 0.15) is 15.9 Å². The van der Waals surface area contributed by atoms with Gasteiger partial charge in [-0.2, -0.15) is 0 Å². The Kier molecular flexibility index (Phi) is 8.26. The molecule has 0 aliphatic heterocycles. The number of benzene rings is 1. The molecule has 1 aromatic heterocycles. The lowest BCUT2D eigenvalue weighted by Crippen LogP contribution is -2.43. The summed E-state index contributed by atoms with van der Waals surface area (Å²) in [5.74, 6) is -1.21. The number of carbonyl (C=O) groups is 2. The standard InChI is InChI=1S/C17H22BrN5O5S/c1-3-9-23-15(20-21-22-23)11-28-17(25)14(8-10-29(2,26)27)19-16(24)12-6-4-5-7-13(12)18/h4-7,14H,3,8-11H2,1-2H3,(H,19,24)/t14-/m0/s1. The van der Waals surface area contributed by atoms with E-state index in [1.54, 1.807) is 24.3 Å². The highest BCUT2D eigenvalue weighted by Gasteiger charge is 2.25. The number of esters is 1. The number of hydrogen-bond donors (Lipinski definition) is 1. The lowest BCUT2D eigenvalue weighted by Gasteiger charge is -2.17. The molecule has 158 valence electrons. The van der Waals surface area contributed by atoms with Gasteiger partial charge in [-0.25, -0.2) is 17.9 Å². The second-order valence-electron chi connectivity index (χ2n) is 6.35. The molecule has 0 radical (unpaired) electrons. The third kappa shape index (κ3) is 7.20. The van der Waals surface area contributed by atoms with Gasteiger partial charge in [0.2, 0.25) is 0 Å². The van der Waals surface area contributed by atoms with E-state index >= 15 is 0 Å². The molecular weight excluding hydrogens is 466 g/mol. The second-order valence-corrected chi connectivity index (χ2v) is 9.46. The molecule has 1 aromatic carbocycles.